The Morgan fingerprint density at radius 3 is 2.26 bits per heavy atom. The van der Waals surface area contributed by atoms with Crippen molar-refractivity contribution in [3.05, 3.63) is 41.4 Å². The summed E-state index contributed by atoms with van der Waals surface area (Å²) in [4.78, 5) is 11.4. The number of halogens is 1. The third-order valence-electron chi connectivity index (χ3n) is 3.40. The molecule has 0 saturated heterocycles. The van der Waals surface area contributed by atoms with E-state index in [1.807, 2.05) is 0 Å². The average molecular weight is 415 g/mol. The minimum Gasteiger partial charge on any atom is -0.495 e. The van der Waals surface area contributed by atoms with Crippen LogP contribution in [0, 0.1) is 0 Å². The van der Waals surface area contributed by atoms with Crippen molar-refractivity contribution in [2.75, 3.05) is 30.9 Å². The predicted molar refractivity (Wildman–Crippen MR) is 102 cm³/mol. The highest BCUT2D eigenvalue weighted by Crippen LogP contribution is 2.36. The van der Waals surface area contributed by atoms with Crippen molar-refractivity contribution in [3.8, 4) is 11.5 Å². The smallest absolute Gasteiger partial charge is 0.411 e. The van der Waals surface area contributed by atoms with Crippen LogP contribution in [-0.4, -0.2) is 35.3 Å². The van der Waals surface area contributed by atoms with E-state index in [9.17, 15) is 13.2 Å². The predicted octanol–water partition coefficient (Wildman–Crippen LogP) is 3.73. The van der Waals surface area contributed by atoms with Crippen molar-refractivity contribution in [2.24, 2.45) is 0 Å². The molecule has 0 spiro atoms. The zero-order valence-corrected chi connectivity index (χ0v) is 16.5. The summed E-state index contributed by atoms with van der Waals surface area (Å²) in [5, 5.41) is 2.77. The van der Waals surface area contributed by atoms with Crippen LogP contribution < -0.4 is 19.5 Å². The van der Waals surface area contributed by atoms with Crippen LogP contribution in [0.5, 0.6) is 11.5 Å². The minimum atomic E-state index is -3.91. The van der Waals surface area contributed by atoms with Crippen LogP contribution in [0.25, 0.3) is 0 Å². The Morgan fingerprint density at radius 1 is 1.07 bits per heavy atom. The van der Waals surface area contributed by atoms with Gasteiger partial charge in [0.15, 0.2) is 0 Å². The monoisotopic (exact) mass is 414 g/mol. The normalized spacial score (nSPS) is 10.8. The fourth-order valence-corrected chi connectivity index (χ4v) is 3.44. The number of ether oxygens (including phenoxy) is 3. The molecule has 0 aliphatic carbocycles. The number of carbonyl (C=O) groups is 1. The molecule has 0 heterocycles. The Balaban J connectivity index is 2.25. The molecular weight excluding hydrogens is 396 g/mol. The highest BCUT2D eigenvalue weighted by molar-refractivity contribution is 7.92. The lowest BCUT2D eigenvalue weighted by Gasteiger charge is -2.14. The number of anilines is 2. The fourth-order valence-electron chi connectivity index (χ4n) is 2.15. The molecule has 0 atom stereocenters. The van der Waals surface area contributed by atoms with E-state index in [2.05, 4.69) is 10.0 Å². The van der Waals surface area contributed by atoms with Crippen LogP contribution in [0.4, 0.5) is 16.2 Å². The third-order valence-corrected chi connectivity index (χ3v) is 5.08. The molecule has 0 saturated carbocycles. The Kier molecular flexibility index (Phi) is 6.75. The van der Waals surface area contributed by atoms with Gasteiger partial charge in [0.25, 0.3) is 10.0 Å². The van der Waals surface area contributed by atoms with Crippen LogP contribution >= 0.6 is 11.6 Å². The molecular formula is C17H19ClN2O6S. The number of methoxy groups -OCH3 is 2. The van der Waals surface area contributed by atoms with Crippen molar-refractivity contribution < 1.29 is 27.4 Å². The SMILES string of the molecule is CCOC(=O)Nc1ccc(S(=O)(=O)Nc2cc(OC)c(Cl)cc2OC)cc1. The third kappa shape index (κ3) is 5.18. The van der Waals surface area contributed by atoms with E-state index in [0.29, 0.717) is 11.4 Å². The molecule has 8 nitrogen and oxygen atoms in total. The molecule has 2 rings (SSSR count). The maximum absolute atomic E-state index is 12.6. The number of nitrogens with one attached hydrogen (secondary N) is 2. The topological polar surface area (TPSA) is 103 Å². The molecule has 0 bridgehead atoms. The van der Waals surface area contributed by atoms with E-state index in [1.54, 1.807) is 6.92 Å². The molecule has 146 valence electrons. The quantitative estimate of drug-likeness (QED) is 0.715. The van der Waals surface area contributed by atoms with Crippen LogP contribution in [0.3, 0.4) is 0 Å². The maximum Gasteiger partial charge on any atom is 0.411 e. The van der Waals surface area contributed by atoms with Gasteiger partial charge in [0.05, 0.1) is 36.4 Å². The number of hydrogen-bond acceptors (Lipinski definition) is 6. The molecule has 0 aromatic heterocycles. The summed E-state index contributed by atoms with van der Waals surface area (Å²) < 4.78 is 42.7. The number of amides is 1. The van der Waals surface area contributed by atoms with Crippen LogP contribution in [0.2, 0.25) is 5.02 Å². The number of rotatable bonds is 7. The first-order chi connectivity index (χ1) is 12.8. The molecule has 0 aliphatic heterocycles. The van der Waals surface area contributed by atoms with Gasteiger partial charge in [-0.25, -0.2) is 13.2 Å². The van der Waals surface area contributed by atoms with Crippen molar-refractivity contribution in [1.82, 2.24) is 0 Å². The summed E-state index contributed by atoms with van der Waals surface area (Å²) in [6.07, 6.45) is -0.621. The highest BCUT2D eigenvalue weighted by Gasteiger charge is 2.19. The summed E-state index contributed by atoms with van der Waals surface area (Å²) >= 11 is 6.02. The molecule has 27 heavy (non-hydrogen) atoms. The van der Waals surface area contributed by atoms with Crippen LogP contribution in [0.15, 0.2) is 41.3 Å². The Labute approximate surface area is 162 Å². The lowest BCUT2D eigenvalue weighted by Crippen LogP contribution is -2.15. The second-order valence-electron chi connectivity index (χ2n) is 5.16. The number of sulfonamides is 1. The minimum absolute atomic E-state index is 0.00659. The van der Waals surface area contributed by atoms with Gasteiger partial charge in [0.1, 0.15) is 11.5 Å². The lowest BCUT2D eigenvalue weighted by atomic mass is 10.3. The Morgan fingerprint density at radius 2 is 1.70 bits per heavy atom. The first-order valence-corrected chi connectivity index (χ1v) is 9.65. The van der Waals surface area contributed by atoms with E-state index >= 15 is 0 Å². The first-order valence-electron chi connectivity index (χ1n) is 7.79. The van der Waals surface area contributed by atoms with E-state index < -0.39 is 16.1 Å². The van der Waals surface area contributed by atoms with Gasteiger partial charge < -0.3 is 14.2 Å². The van der Waals surface area contributed by atoms with E-state index in [1.165, 1.54) is 50.6 Å². The van der Waals surface area contributed by atoms with E-state index in [-0.39, 0.29) is 28.0 Å². The second-order valence-corrected chi connectivity index (χ2v) is 7.25. The highest BCUT2D eigenvalue weighted by atomic mass is 35.5. The number of carbonyl (C=O) groups excluding carboxylic acids is 1. The molecule has 2 aromatic carbocycles. The van der Waals surface area contributed by atoms with Crippen LogP contribution in [-0.2, 0) is 14.8 Å². The van der Waals surface area contributed by atoms with Crippen molar-refractivity contribution in [1.29, 1.82) is 0 Å². The summed E-state index contributed by atoms with van der Waals surface area (Å²) in [6, 6.07) is 8.48. The second kappa shape index (κ2) is 8.83. The Hall–Kier alpha value is -2.65. The molecule has 2 aromatic rings. The largest absolute Gasteiger partial charge is 0.495 e. The Bertz CT molecular complexity index is 916. The molecule has 0 fully saturated rings. The van der Waals surface area contributed by atoms with Gasteiger partial charge in [-0.3, -0.25) is 10.0 Å². The molecule has 2 N–H and O–H groups in total. The first kappa shape index (κ1) is 20.7. The number of benzene rings is 2. The van der Waals surface area contributed by atoms with Gasteiger partial charge in [-0.1, -0.05) is 11.6 Å². The van der Waals surface area contributed by atoms with Crippen molar-refractivity contribution in [2.45, 2.75) is 11.8 Å². The molecule has 1 amide bonds. The van der Waals surface area contributed by atoms with Gasteiger partial charge in [-0.05, 0) is 31.2 Å². The van der Waals surface area contributed by atoms with Gasteiger partial charge in [-0.2, -0.15) is 0 Å². The zero-order valence-electron chi connectivity index (χ0n) is 14.9. The standard InChI is InChI=1S/C17H19ClN2O6S/c1-4-26-17(21)19-11-5-7-12(8-6-11)27(22,23)20-14-10-15(24-2)13(18)9-16(14)25-3/h5-10,20H,4H2,1-3H3,(H,19,21). The summed E-state index contributed by atoms with van der Waals surface area (Å²) in [5.74, 6) is 0.536. The zero-order chi connectivity index (χ0) is 20.0. The summed E-state index contributed by atoms with van der Waals surface area (Å²) in [5.41, 5.74) is 0.575. The molecule has 10 heteroatoms. The van der Waals surface area contributed by atoms with Crippen LogP contribution in [0.1, 0.15) is 6.92 Å². The summed E-state index contributed by atoms with van der Waals surface area (Å²) in [6.45, 7) is 1.91. The van der Waals surface area contributed by atoms with Gasteiger partial charge in [0, 0.05) is 17.8 Å². The van der Waals surface area contributed by atoms with E-state index in [4.69, 9.17) is 25.8 Å². The van der Waals surface area contributed by atoms with Crippen molar-refractivity contribution in [3.63, 3.8) is 0 Å². The number of hydrogen-bond donors (Lipinski definition) is 2. The molecule has 0 radical (unpaired) electrons. The van der Waals surface area contributed by atoms with Gasteiger partial charge in [0.2, 0.25) is 0 Å². The maximum atomic E-state index is 12.6. The summed E-state index contributed by atoms with van der Waals surface area (Å²) in [7, 11) is -1.10. The van der Waals surface area contributed by atoms with Gasteiger partial charge in [-0.15, -0.1) is 0 Å². The molecule has 0 unspecified atom stereocenters. The van der Waals surface area contributed by atoms with Crippen molar-refractivity contribution >= 4 is 39.1 Å². The lowest BCUT2D eigenvalue weighted by molar-refractivity contribution is 0.168. The fraction of sp³-hybridized carbons (Fsp3) is 0.235. The van der Waals surface area contributed by atoms with E-state index in [0.717, 1.165) is 0 Å². The average Bonchev–Trinajstić information content (AvgIpc) is 2.63. The van der Waals surface area contributed by atoms with Gasteiger partial charge >= 0.3 is 6.09 Å². The molecule has 0 aliphatic rings.